The molecule has 0 spiro atoms. The molecule has 1 aromatic heterocycles. The Morgan fingerprint density at radius 1 is 1.26 bits per heavy atom. The minimum absolute atomic E-state index is 0.0258. The van der Waals surface area contributed by atoms with Crippen LogP contribution in [0.15, 0.2) is 40.0 Å². The Labute approximate surface area is 183 Å². The number of aryl methyl sites for hydroxylation is 2. The molecule has 2 aromatic rings. The van der Waals surface area contributed by atoms with E-state index in [-0.39, 0.29) is 24.4 Å². The number of benzene rings is 1. The largest absolute Gasteiger partial charge is 0.391 e. The molecule has 0 aliphatic carbocycles. The molecule has 0 unspecified atom stereocenters. The highest BCUT2D eigenvalue weighted by Crippen LogP contribution is 2.39. The maximum absolute atomic E-state index is 13.6. The Morgan fingerprint density at radius 3 is 2.58 bits per heavy atom. The third-order valence-electron chi connectivity index (χ3n) is 6.38. The van der Waals surface area contributed by atoms with E-state index in [9.17, 15) is 9.90 Å². The highest BCUT2D eigenvalue weighted by molar-refractivity contribution is 5.96. The summed E-state index contributed by atoms with van der Waals surface area (Å²) in [6, 6.07) is 9.75. The van der Waals surface area contributed by atoms with Gasteiger partial charge in [-0.2, -0.15) is 0 Å². The van der Waals surface area contributed by atoms with E-state index in [0.717, 1.165) is 17.0 Å². The van der Waals surface area contributed by atoms with Crippen molar-refractivity contribution in [2.75, 3.05) is 6.54 Å². The number of aliphatic hydroxyl groups is 1. The van der Waals surface area contributed by atoms with E-state index >= 15 is 0 Å². The third-order valence-corrected chi connectivity index (χ3v) is 6.38. The molecule has 1 amide bonds. The van der Waals surface area contributed by atoms with Crippen LogP contribution in [0.4, 0.5) is 0 Å². The third kappa shape index (κ3) is 4.11. The molecular weight excluding hydrogens is 394 g/mol. The molecule has 1 fully saturated rings. The summed E-state index contributed by atoms with van der Waals surface area (Å²) in [7, 11) is 0. The van der Waals surface area contributed by atoms with Crippen molar-refractivity contribution in [2.45, 2.75) is 71.1 Å². The van der Waals surface area contributed by atoms with Crippen LogP contribution < -0.4 is 0 Å². The molecular formula is C24H31N3O4. The van der Waals surface area contributed by atoms with Gasteiger partial charge in [0.25, 0.3) is 0 Å². The summed E-state index contributed by atoms with van der Waals surface area (Å²) in [6.07, 6.45) is 0.440. The second kappa shape index (κ2) is 8.11. The van der Waals surface area contributed by atoms with Gasteiger partial charge in [-0.25, -0.2) is 0 Å². The predicted octanol–water partition coefficient (Wildman–Crippen LogP) is 3.68. The molecule has 1 aromatic carbocycles. The van der Waals surface area contributed by atoms with E-state index in [1.807, 2.05) is 40.7 Å². The van der Waals surface area contributed by atoms with Gasteiger partial charge in [0.2, 0.25) is 5.91 Å². The van der Waals surface area contributed by atoms with Crippen molar-refractivity contribution in [2.24, 2.45) is 11.1 Å². The lowest BCUT2D eigenvalue weighted by molar-refractivity contribution is -0.134. The normalized spacial score (nSPS) is 26.8. The Hall–Kier alpha value is -2.67. The lowest BCUT2D eigenvalue weighted by atomic mass is 9.87. The minimum Gasteiger partial charge on any atom is -0.391 e. The van der Waals surface area contributed by atoms with Crippen LogP contribution in [0.3, 0.4) is 0 Å². The van der Waals surface area contributed by atoms with Crippen molar-refractivity contribution in [1.82, 2.24) is 10.1 Å². The van der Waals surface area contributed by atoms with E-state index in [1.54, 1.807) is 4.90 Å². The number of carbonyl (C=O) groups is 1. The Morgan fingerprint density at radius 2 is 1.97 bits per heavy atom. The zero-order chi connectivity index (χ0) is 22.3. The van der Waals surface area contributed by atoms with E-state index in [2.05, 4.69) is 34.6 Å². The standard InChI is InChI=1S/C24H31N3O4/c1-14(2)22(21-10-16(4)25-30-21)23(29)27-13-18(28)11-20(27)19-12-24(5,31-26-19)17-8-6-15(3)7-9-17/h6-10,14,18,20,22,28H,11-13H2,1-5H3/t18-,20+,22+,24+/m1/s1. The molecule has 1 N–H and O–H groups in total. The van der Waals surface area contributed by atoms with Crippen LogP contribution in [-0.4, -0.2) is 45.5 Å². The number of aliphatic hydroxyl groups excluding tert-OH is 1. The molecule has 3 heterocycles. The monoisotopic (exact) mass is 425 g/mol. The first-order valence-electron chi connectivity index (χ1n) is 10.9. The summed E-state index contributed by atoms with van der Waals surface area (Å²) in [5.74, 6) is 0.0596. The first kappa shape index (κ1) is 21.6. The van der Waals surface area contributed by atoms with E-state index in [4.69, 9.17) is 9.36 Å². The number of nitrogens with zero attached hydrogens (tertiary/aromatic N) is 3. The van der Waals surface area contributed by atoms with Crippen molar-refractivity contribution in [3.8, 4) is 0 Å². The maximum Gasteiger partial charge on any atom is 0.234 e. The fourth-order valence-electron chi connectivity index (χ4n) is 4.63. The van der Waals surface area contributed by atoms with Gasteiger partial charge in [-0.1, -0.05) is 54.0 Å². The zero-order valence-corrected chi connectivity index (χ0v) is 18.8. The van der Waals surface area contributed by atoms with Gasteiger partial charge in [0.1, 0.15) is 11.7 Å². The quantitative estimate of drug-likeness (QED) is 0.789. The number of aromatic nitrogens is 1. The Balaban J connectivity index is 1.57. The number of hydrogen-bond acceptors (Lipinski definition) is 6. The van der Waals surface area contributed by atoms with E-state index in [0.29, 0.717) is 18.6 Å². The van der Waals surface area contributed by atoms with Crippen molar-refractivity contribution in [3.63, 3.8) is 0 Å². The van der Waals surface area contributed by atoms with Crippen molar-refractivity contribution < 1.29 is 19.3 Å². The lowest BCUT2D eigenvalue weighted by Gasteiger charge is -2.29. The van der Waals surface area contributed by atoms with E-state index in [1.165, 1.54) is 5.56 Å². The van der Waals surface area contributed by atoms with Crippen molar-refractivity contribution >= 4 is 11.6 Å². The molecule has 0 radical (unpaired) electrons. The number of oxime groups is 1. The fourth-order valence-corrected chi connectivity index (χ4v) is 4.63. The van der Waals surface area contributed by atoms with Gasteiger partial charge in [-0.05, 0) is 32.3 Å². The molecule has 7 nitrogen and oxygen atoms in total. The second-order valence-electron chi connectivity index (χ2n) is 9.44. The van der Waals surface area contributed by atoms with Crippen LogP contribution in [0.5, 0.6) is 0 Å². The van der Waals surface area contributed by atoms with Gasteiger partial charge in [0.15, 0.2) is 5.60 Å². The lowest BCUT2D eigenvalue weighted by Crippen LogP contribution is -2.44. The molecule has 1 saturated heterocycles. The van der Waals surface area contributed by atoms with Crippen LogP contribution in [0, 0.1) is 19.8 Å². The molecule has 7 heteroatoms. The SMILES string of the molecule is Cc1ccc([C@]2(C)CC([C@@H]3C[C@@H](O)CN3C(=O)[C@H](c3cc(C)no3)C(C)C)=NO2)cc1. The smallest absolute Gasteiger partial charge is 0.234 e. The predicted molar refractivity (Wildman–Crippen MR) is 117 cm³/mol. The number of amides is 1. The first-order valence-corrected chi connectivity index (χ1v) is 10.9. The van der Waals surface area contributed by atoms with Crippen LogP contribution in [-0.2, 0) is 15.2 Å². The highest BCUT2D eigenvalue weighted by atomic mass is 16.7. The highest BCUT2D eigenvalue weighted by Gasteiger charge is 2.46. The minimum atomic E-state index is -0.591. The van der Waals surface area contributed by atoms with Crippen LogP contribution >= 0.6 is 0 Å². The molecule has 4 rings (SSSR count). The summed E-state index contributed by atoms with van der Waals surface area (Å²) in [5.41, 5.74) is 3.19. The van der Waals surface area contributed by atoms with Gasteiger partial charge < -0.3 is 19.4 Å². The van der Waals surface area contributed by atoms with Gasteiger partial charge >= 0.3 is 0 Å². The summed E-state index contributed by atoms with van der Waals surface area (Å²) in [6.45, 7) is 10.2. The van der Waals surface area contributed by atoms with Crippen LogP contribution in [0.25, 0.3) is 0 Å². The molecule has 0 bridgehead atoms. The molecule has 31 heavy (non-hydrogen) atoms. The van der Waals surface area contributed by atoms with Gasteiger partial charge in [0.05, 0.1) is 23.6 Å². The second-order valence-corrected chi connectivity index (χ2v) is 9.44. The Bertz CT molecular complexity index is 981. The molecule has 4 atom stereocenters. The fraction of sp³-hybridized carbons (Fsp3) is 0.542. The summed E-state index contributed by atoms with van der Waals surface area (Å²) in [5, 5.41) is 18.8. The topological polar surface area (TPSA) is 88.2 Å². The number of likely N-dealkylation sites (tertiary alicyclic amines) is 1. The number of β-amino-alcohol motifs (C(OH)–C–C–N with tert-alkyl or cyclic N) is 1. The van der Waals surface area contributed by atoms with Gasteiger partial charge in [0, 0.05) is 25.5 Å². The summed E-state index contributed by atoms with van der Waals surface area (Å²) >= 11 is 0. The average Bonchev–Trinajstić information content (AvgIpc) is 3.41. The average molecular weight is 426 g/mol. The molecule has 2 aliphatic rings. The van der Waals surface area contributed by atoms with Crippen LogP contribution in [0.1, 0.15) is 62.1 Å². The summed E-state index contributed by atoms with van der Waals surface area (Å²) < 4.78 is 5.44. The Kier molecular flexibility index (Phi) is 5.64. The molecule has 2 aliphatic heterocycles. The summed E-state index contributed by atoms with van der Waals surface area (Å²) in [4.78, 5) is 21.2. The molecule has 0 saturated carbocycles. The first-order chi connectivity index (χ1) is 14.7. The van der Waals surface area contributed by atoms with Crippen molar-refractivity contribution in [1.29, 1.82) is 0 Å². The number of rotatable bonds is 5. The number of carbonyl (C=O) groups excluding carboxylic acids is 1. The van der Waals surface area contributed by atoms with Gasteiger partial charge in [-0.3, -0.25) is 4.79 Å². The zero-order valence-electron chi connectivity index (χ0n) is 18.8. The van der Waals surface area contributed by atoms with Gasteiger partial charge in [-0.15, -0.1) is 0 Å². The van der Waals surface area contributed by atoms with E-state index < -0.39 is 17.6 Å². The maximum atomic E-state index is 13.6. The number of hydrogen-bond donors (Lipinski definition) is 1. The van der Waals surface area contributed by atoms with Crippen molar-refractivity contribution in [3.05, 3.63) is 52.9 Å². The van der Waals surface area contributed by atoms with Crippen LogP contribution in [0.2, 0.25) is 0 Å². The molecule has 166 valence electrons.